The minimum atomic E-state index is -0.259. The third kappa shape index (κ3) is 4.83. The van der Waals surface area contributed by atoms with Crippen molar-refractivity contribution in [2.24, 2.45) is 5.92 Å². The van der Waals surface area contributed by atoms with E-state index in [2.05, 4.69) is 24.1 Å². The minimum absolute atomic E-state index is 0.259. The maximum atomic E-state index is 13.4. The molecule has 0 saturated heterocycles. The van der Waals surface area contributed by atoms with Crippen LogP contribution < -0.4 is 10.1 Å². The Kier molecular flexibility index (Phi) is 5.28. The van der Waals surface area contributed by atoms with Gasteiger partial charge in [-0.15, -0.1) is 0 Å². The number of aryl methyl sites for hydroxylation is 1. The third-order valence-corrected chi connectivity index (χ3v) is 3.00. The van der Waals surface area contributed by atoms with E-state index in [1.807, 2.05) is 19.1 Å². The SMILES string of the molecule is Cc1ccc(Oc2ccc(F)cc2CNCC(C)C)cn1. The Bertz CT molecular complexity index is 582. The smallest absolute Gasteiger partial charge is 0.145 e. The van der Waals surface area contributed by atoms with Crippen molar-refractivity contribution in [3.05, 3.63) is 53.6 Å². The summed E-state index contributed by atoms with van der Waals surface area (Å²) in [5.74, 6) is 1.59. The fourth-order valence-corrected chi connectivity index (χ4v) is 1.92. The molecule has 0 amide bonds. The highest BCUT2D eigenvalue weighted by molar-refractivity contribution is 5.37. The van der Waals surface area contributed by atoms with Crippen LogP contribution >= 0.6 is 0 Å². The minimum Gasteiger partial charge on any atom is -0.455 e. The van der Waals surface area contributed by atoms with Gasteiger partial charge in [-0.3, -0.25) is 4.98 Å². The molecule has 1 N–H and O–H groups in total. The van der Waals surface area contributed by atoms with Gasteiger partial charge in [0, 0.05) is 17.8 Å². The summed E-state index contributed by atoms with van der Waals surface area (Å²) in [4.78, 5) is 4.19. The molecule has 2 aromatic rings. The molecule has 112 valence electrons. The maximum absolute atomic E-state index is 13.4. The molecule has 0 atom stereocenters. The topological polar surface area (TPSA) is 34.1 Å². The number of nitrogens with zero attached hydrogens (tertiary/aromatic N) is 1. The number of nitrogens with one attached hydrogen (secondary N) is 1. The van der Waals surface area contributed by atoms with Crippen molar-refractivity contribution in [3.8, 4) is 11.5 Å². The molecule has 0 aliphatic carbocycles. The molecule has 0 saturated carbocycles. The van der Waals surface area contributed by atoms with E-state index in [1.54, 1.807) is 12.3 Å². The summed E-state index contributed by atoms with van der Waals surface area (Å²) in [7, 11) is 0. The van der Waals surface area contributed by atoms with Gasteiger partial charge in [0.1, 0.15) is 17.3 Å². The number of aromatic nitrogens is 1. The van der Waals surface area contributed by atoms with Crippen molar-refractivity contribution in [3.63, 3.8) is 0 Å². The lowest BCUT2D eigenvalue weighted by Crippen LogP contribution is -2.19. The Hall–Kier alpha value is -1.94. The quantitative estimate of drug-likeness (QED) is 0.870. The number of benzene rings is 1. The van der Waals surface area contributed by atoms with Crippen LogP contribution in [0.3, 0.4) is 0 Å². The monoisotopic (exact) mass is 288 g/mol. The van der Waals surface area contributed by atoms with Crippen LogP contribution in [-0.2, 0) is 6.54 Å². The summed E-state index contributed by atoms with van der Waals surface area (Å²) in [6.45, 7) is 7.64. The van der Waals surface area contributed by atoms with E-state index < -0.39 is 0 Å². The Morgan fingerprint density at radius 1 is 1.24 bits per heavy atom. The van der Waals surface area contributed by atoms with Gasteiger partial charge in [0.05, 0.1) is 6.20 Å². The third-order valence-electron chi connectivity index (χ3n) is 3.00. The van der Waals surface area contributed by atoms with Crippen molar-refractivity contribution < 1.29 is 9.13 Å². The van der Waals surface area contributed by atoms with Gasteiger partial charge in [-0.2, -0.15) is 0 Å². The fraction of sp³-hybridized carbons (Fsp3) is 0.353. The lowest BCUT2D eigenvalue weighted by atomic mass is 10.1. The molecule has 0 aliphatic heterocycles. The van der Waals surface area contributed by atoms with E-state index >= 15 is 0 Å². The van der Waals surface area contributed by atoms with Crippen molar-refractivity contribution in [2.75, 3.05) is 6.54 Å². The van der Waals surface area contributed by atoms with E-state index in [-0.39, 0.29) is 5.82 Å². The lowest BCUT2D eigenvalue weighted by Gasteiger charge is -2.13. The summed E-state index contributed by atoms with van der Waals surface area (Å²) in [5.41, 5.74) is 1.73. The normalized spacial score (nSPS) is 10.9. The molecule has 1 aromatic heterocycles. The van der Waals surface area contributed by atoms with Gasteiger partial charge in [0.2, 0.25) is 0 Å². The standard InChI is InChI=1S/C17H21FN2O/c1-12(2)9-19-10-14-8-15(18)5-7-17(14)21-16-6-4-13(3)20-11-16/h4-8,11-12,19H,9-10H2,1-3H3. The van der Waals surface area contributed by atoms with Crippen LogP contribution in [0.2, 0.25) is 0 Å². The van der Waals surface area contributed by atoms with Crippen molar-refractivity contribution in [1.82, 2.24) is 10.3 Å². The van der Waals surface area contributed by atoms with Gasteiger partial charge in [-0.05, 0) is 49.7 Å². The van der Waals surface area contributed by atoms with Crippen molar-refractivity contribution in [2.45, 2.75) is 27.3 Å². The lowest BCUT2D eigenvalue weighted by molar-refractivity contribution is 0.464. The number of pyridine rings is 1. The molecule has 2 rings (SSSR count). The molecular weight excluding hydrogens is 267 g/mol. The molecule has 0 radical (unpaired) electrons. The largest absolute Gasteiger partial charge is 0.455 e. The molecule has 1 aromatic carbocycles. The van der Waals surface area contributed by atoms with Crippen molar-refractivity contribution in [1.29, 1.82) is 0 Å². The van der Waals surface area contributed by atoms with Gasteiger partial charge < -0.3 is 10.1 Å². The molecule has 3 nitrogen and oxygen atoms in total. The Balaban J connectivity index is 2.12. The molecule has 0 bridgehead atoms. The summed E-state index contributed by atoms with van der Waals surface area (Å²) < 4.78 is 19.2. The zero-order valence-corrected chi connectivity index (χ0v) is 12.7. The first kappa shape index (κ1) is 15.4. The summed E-state index contributed by atoms with van der Waals surface area (Å²) in [6, 6.07) is 8.31. The molecule has 0 fully saturated rings. The highest BCUT2D eigenvalue weighted by Crippen LogP contribution is 2.25. The Labute approximate surface area is 125 Å². The van der Waals surface area contributed by atoms with Crippen LogP contribution in [-0.4, -0.2) is 11.5 Å². The van der Waals surface area contributed by atoms with E-state index in [1.165, 1.54) is 12.1 Å². The zero-order valence-electron chi connectivity index (χ0n) is 12.7. The van der Waals surface area contributed by atoms with E-state index in [4.69, 9.17) is 4.74 Å². The van der Waals surface area contributed by atoms with Gasteiger partial charge in [-0.1, -0.05) is 13.8 Å². The average Bonchev–Trinajstić information content (AvgIpc) is 2.43. The second-order valence-electron chi connectivity index (χ2n) is 5.51. The molecule has 4 heteroatoms. The summed E-state index contributed by atoms with van der Waals surface area (Å²) in [6.07, 6.45) is 1.67. The van der Waals surface area contributed by atoms with Crippen LogP contribution in [0.15, 0.2) is 36.5 Å². The van der Waals surface area contributed by atoms with Gasteiger partial charge >= 0.3 is 0 Å². The Morgan fingerprint density at radius 3 is 2.71 bits per heavy atom. The summed E-state index contributed by atoms with van der Waals surface area (Å²) in [5, 5.41) is 3.30. The predicted molar refractivity (Wildman–Crippen MR) is 82.0 cm³/mol. The number of rotatable bonds is 6. The van der Waals surface area contributed by atoms with E-state index in [9.17, 15) is 4.39 Å². The average molecular weight is 288 g/mol. The van der Waals surface area contributed by atoms with Crippen LogP contribution in [0.5, 0.6) is 11.5 Å². The molecule has 0 unspecified atom stereocenters. The second kappa shape index (κ2) is 7.18. The van der Waals surface area contributed by atoms with E-state index in [0.717, 1.165) is 17.8 Å². The molecule has 0 spiro atoms. The molecular formula is C17H21FN2O. The van der Waals surface area contributed by atoms with Gasteiger partial charge in [-0.25, -0.2) is 4.39 Å². The highest BCUT2D eigenvalue weighted by atomic mass is 19.1. The number of halogens is 1. The van der Waals surface area contributed by atoms with Crippen LogP contribution in [0, 0.1) is 18.7 Å². The van der Waals surface area contributed by atoms with Crippen LogP contribution in [0.25, 0.3) is 0 Å². The highest BCUT2D eigenvalue weighted by Gasteiger charge is 2.07. The van der Waals surface area contributed by atoms with E-state index in [0.29, 0.717) is 24.0 Å². The first-order valence-corrected chi connectivity index (χ1v) is 7.14. The Morgan fingerprint density at radius 2 is 2.05 bits per heavy atom. The number of hydrogen-bond donors (Lipinski definition) is 1. The number of hydrogen-bond acceptors (Lipinski definition) is 3. The predicted octanol–water partition coefficient (Wildman–Crippen LogP) is 4.07. The first-order valence-electron chi connectivity index (χ1n) is 7.14. The molecule has 1 heterocycles. The van der Waals surface area contributed by atoms with Crippen molar-refractivity contribution >= 4 is 0 Å². The second-order valence-corrected chi connectivity index (χ2v) is 5.51. The van der Waals surface area contributed by atoms with Gasteiger partial charge in [0.15, 0.2) is 0 Å². The zero-order chi connectivity index (χ0) is 15.2. The van der Waals surface area contributed by atoms with Gasteiger partial charge in [0.25, 0.3) is 0 Å². The van der Waals surface area contributed by atoms with Crippen LogP contribution in [0.1, 0.15) is 25.1 Å². The maximum Gasteiger partial charge on any atom is 0.145 e. The summed E-state index contributed by atoms with van der Waals surface area (Å²) >= 11 is 0. The van der Waals surface area contributed by atoms with Crippen LogP contribution in [0.4, 0.5) is 4.39 Å². The first-order chi connectivity index (χ1) is 10.0. The fourth-order valence-electron chi connectivity index (χ4n) is 1.92. The molecule has 0 aliphatic rings. The molecule has 21 heavy (non-hydrogen) atoms. The number of ether oxygens (including phenoxy) is 1.